The molecule has 14 heavy (non-hydrogen) atoms. The molecule has 4 heteroatoms. The molecule has 0 saturated carbocycles. The smallest absolute Gasteiger partial charge is 0.182 e. The fourth-order valence-corrected chi connectivity index (χ4v) is 1.03. The van der Waals surface area contributed by atoms with Crippen molar-refractivity contribution in [2.75, 3.05) is 5.32 Å². The standard InChI is InChI=1S/C10H12F3N/c1-3-6(2)14-9-5-7(11)4-8(12)10(9)13/h4-6,14H,3H2,1-2H3. The molecular formula is C10H12F3N. The largest absolute Gasteiger partial charge is 0.380 e. The lowest BCUT2D eigenvalue weighted by atomic mass is 10.2. The zero-order valence-corrected chi connectivity index (χ0v) is 8.07. The van der Waals surface area contributed by atoms with Gasteiger partial charge in [-0.25, -0.2) is 13.2 Å². The third-order valence-electron chi connectivity index (χ3n) is 2.01. The summed E-state index contributed by atoms with van der Waals surface area (Å²) in [5.41, 5.74) is -0.128. The maximum atomic E-state index is 13.1. The monoisotopic (exact) mass is 203 g/mol. The van der Waals surface area contributed by atoms with E-state index in [9.17, 15) is 13.2 Å². The molecule has 0 amide bonds. The molecule has 1 rings (SSSR count). The molecule has 0 bridgehead atoms. The van der Waals surface area contributed by atoms with E-state index in [-0.39, 0.29) is 11.7 Å². The van der Waals surface area contributed by atoms with Crippen molar-refractivity contribution in [3.05, 3.63) is 29.6 Å². The Morgan fingerprint density at radius 3 is 2.50 bits per heavy atom. The van der Waals surface area contributed by atoms with Gasteiger partial charge in [-0.15, -0.1) is 0 Å². The van der Waals surface area contributed by atoms with Crippen LogP contribution in [0.4, 0.5) is 18.9 Å². The minimum atomic E-state index is -1.17. The second-order valence-electron chi connectivity index (χ2n) is 3.20. The summed E-state index contributed by atoms with van der Waals surface area (Å²) >= 11 is 0. The first-order valence-electron chi connectivity index (χ1n) is 4.45. The van der Waals surface area contributed by atoms with Crippen LogP contribution in [0.1, 0.15) is 20.3 Å². The van der Waals surface area contributed by atoms with Gasteiger partial charge in [0.25, 0.3) is 0 Å². The first-order valence-corrected chi connectivity index (χ1v) is 4.45. The number of rotatable bonds is 3. The third-order valence-corrected chi connectivity index (χ3v) is 2.01. The van der Waals surface area contributed by atoms with E-state index in [1.807, 2.05) is 13.8 Å². The summed E-state index contributed by atoms with van der Waals surface area (Å²) in [7, 11) is 0. The van der Waals surface area contributed by atoms with Crippen molar-refractivity contribution in [1.82, 2.24) is 0 Å². The first kappa shape index (κ1) is 10.9. The predicted octanol–water partition coefficient (Wildman–Crippen LogP) is 3.31. The van der Waals surface area contributed by atoms with E-state index in [0.29, 0.717) is 6.07 Å². The van der Waals surface area contributed by atoms with E-state index in [4.69, 9.17) is 0 Å². The first-order chi connectivity index (χ1) is 6.54. The average Bonchev–Trinajstić information content (AvgIpc) is 2.13. The maximum Gasteiger partial charge on any atom is 0.182 e. The van der Waals surface area contributed by atoms with Crippen molar-refractivity contribution in [3.63, 3.8) is 0 Å². The zero-order valence-electron chi connectivity index (χ0n) is 8.07. The van der Waals surface area contributed by atoms with Crippen molar-refractivity contribution in [3.8, 4) is 0 Å². The second kappa shape index (κ2) is 4.35. The molecule has 0 spiro atoms. The Labute approximate surface area is 80.9 Å². The van der Waals surface area contributed by atoms with Crippen molar-refractivity contribution in [1.29, 1.82) is 0 Å². The summed E-state index contributed by atoms with van der Waals surface area (Å²) in [4.78, 5) is 0. The molecule has 0 fully saturated rings. The van der Waals surface area contributed by atoms with Crippen molar-refractivity contribution >= 4 is 5.69 Å². The van der Waals surface area contributed by atoms with Crippen LogP contribution in [-0.2, 0) is 0 Å². The number of nitrogens with one attached hydrogen (secondary N) is 1. The Kier molecular flexibility index (Phi) is 3.38. The quantitative estimate of drug-likeness (QED) is 0.743. The molecule has 1 aromatic rings. The normalized spacial score (nSPS) is 12.6. The van der Waals surface area contributed by atoms with Gasteiger partial charge in [0.15, 0.2) is 11.6 Å². The molecule has 0 saturated heterocycles. The molecule has 0 radical (unpaired) electrons. The van der Waals surface area contributed by atoms with E-state index in [1.165, 1.54) is 0 Å². The van der Waals surface area contributed by atoms with E-state index in [1.54, 1.807) is 0 Å². The molecule has 1 aromatic carbocycles. The summed E-state index contributed by atoms with van der Waals surface area (Å²) in [5.74, 6) is -2.99. The topological polar surface area (TPSA) is 12.0 Å². The van der Waals surface area contributed by atoms with Crippen molar-refractivity contribution in [2.45, 2.75) is 26.3 Å². The van der Waals surface area contributed by atoms with Crippen LogP contribution in [0.25, 0.3) is 0 Å². The van der Waals surface area contributed by atoms with E-state index in [2.05, 4.69) is 5.32 Å². The van der Waals surface area contributed by atoms with Gasteiger partial charge in [0.05, 0.1) is 5.69 Å². The fourth-order valence-electron chi connectivity index (χ4n) is 1.03. The Morgan fingerprint density at radius 2 is 1.93 bits per heavy atom. The maximum absolute atomic E-state index is 13.1. The van der Waals surface area contributed by atoms with E-state index < -0.39 is 17.5 Å². The highest BCUT2D eigenvalue weighted by molar-refractivity contribution is 5.46. The molecule has 0 heterocycles. The molecule has 1 atom stereocenters. The van der Waals surface area contributed by atoms with Gasteiger partial charge in [-0.05, 0) is 13.3 Å². The minimum Gasteiger partial charge on any atom is -0.380 e. The Bertz CT molecular complexity index is 325. The van der Waals surface area contributed by atoms with Crippen LogP contribution in [0.3, 0.4) is 0 Å². The highest BCUT2D eigenvalue weighted by atomic mass is 19.2. The van der Waals surface area contributed by atoms with Gasteiger partial charge < -0.3 is 5.32 Å². The van der Waals surface area contributed by atoms with Crippen LogP contribution in [0, 0.1) is 17.5 Å². The van der Waals surface area contributed by atoms with Gasteiger partial charge >= 0.3 is 0 Å². The van der Waals surface area contributed by atoms with Crippen LogP contribution in [0.2, 0.25) is 0 Å². The van der Waals surface area contributed by atoms with Crippen LogP contribution >= 0.6 is 0 Å². The highest BCUT2D eigenvalue weighted by Crippen LogP contribution is 2.20. The minimum absolute atomic E-state index is 0.0225. The lowest BCUT2D eigenvalue weighted by molar-refractivity contribution is 0.496. The van der Waals surface area contributed by atoms with Crippen LogP contribution in [0.5, 0.6) is 0 Å². The van der Waals surface area contributed by atoms with Gasteiger partial charge in [-0.1, -0.05) is 6.92 Å². The fraction of sp³-hybridized carbons (Fsp3) is 0.400. The molecule has 1 N–H and O–H groups in total. The summed E-state index contributed by atoms with van der Waals surface area (Å²) in [6.45, 7) is 3.70. The van der Waals surface area contributed by atoms with Gasteiger partial charge in [0.1, 0.15) is 5.82 Å². The molecule has 1 nitrogen and oxygen atoms in total. The van der Waals surface area contributed by atoms with Gasteiger partial charge in [0, 0.05) is 18.2 Å². The molecule has 78 valence electrons. The molecule has 0 aromatic heterocycles. The number of benzene rings is 1. The SMILES string of the molecule is CCC(C)Nc1cc(F)cc(F)c1F. The molecular weight excluding hydrogens is 191 g/mol. The van der Waals surface area contributed by atoms with E-state index >= 15 is 0 Å². The lowest BCUT2D eigenvalue weighted by Gasteiger charge is -2.13. The van der Waals surface area contributed by atoms with Crippen LogP contribution in [-0.4, -0.2) is 6.04 Å². The Hall–Kier alpha value is -1.19. The van der Waals surface area contributed by atoms with Crippen LogP contribution < -0.4 is 5.32 Å². The van der Waals surface area contributed by atoms with Crippen molar-refractivity contribution in [2.24, 2.45) is 0 Å². The molecule has 0 aliphatic carbocycles. The average molecular weight is 203 g/mol. The molecule has 0 aliphatic rings. The van der Waals surface area contributed by atoms with Gasteiger partial charge in [-0.3, -0.25) is 0 Å². The van der Waals surface area contributed by atoms with Crippen LogP contribution in [0.15, 0.2) is 12.1 Å². The molecule has 0 aliphatic heterocycles. The summed E-state index contributed by atoms with van der Waals surface area (Å²) < 4.78 is 38.5. The second-order valence-corrected chi connectivity index (χ2v) is 3.20. The number of halogens is 3. The Balaban J connectivity index is 2.96. The molecule has 1 unspecified atom stereocenters. The predicted molar refractivity (Wildman–Crippen MR) is 49.7 cm³/mol. The van der Waals surface area contributed by atoms with Crippen molar-refractivity contribution < 1.29 is 13.2 Å². The zero-order chi connectivity index (χ0) is 10.7. The number of hydrogen-bond acceptors (Lipinski definition) is 1. The summed E-state index contributed by atoms with van der Waals surface area (Å²) in [6, 6.07) is 1.45. The summed E-state index contributed by atoms with van der Waals surface area (Å²) in [6.07, 6.45) is 0.748. The van der Waals surface area contributed by atoms with Gasteiger partial charge in [-0.2, -0.15) is 0 Å². The number of anilines is 1. The lowest BCUT2D eigenvalue weighted by Crippen LogP contribution is -2.15. The van der Waals surface area contributed by atoms with Gasteiger partial charge in [0.2, 0.25) is 0 Å². The Morgan fingerprint density at radius 1 is 1.29 bits per heavy atom. The highest BCUT2D eigenvalue weighted by Gasteiger charge is 2.11. The third kappa shape index (κ3) is 2.40. The number of hydrogen-bond donors (Lipinski definition) is 1. The summed E-state index contributed by atoms with van der Waals surface area (Å²) in [5, 5.41) is 2.69. The van der Waals surface area contributed by atoms with E-state index in [0.717, 1.165) is 12.5 Å².